The third-order valence-electron chi connectivity index (χ3n) is 5.57. The third-order valence-corrected chi connectivity index (χ3v) is 5.57. The fourth-order valence-electron chi connectivity index (χ4n) is 4.00. The van der Waals surface area contributed by atoms with Crippen molar-refractivity contribution in [2.24, 2.45) is 0 Å². The minimum absolute atomic E-state index is 0.230. The van der Waals surface area contributed by atoms with Crippen LogP contribution in [0.5, 0.6) is 0 Å². The van der Waals surface area contributed by atoms with E-state index in [0.29, 0.717) is 5.82 Å². The lowest BCUT2D eigenvalue weighted by molar-refractivity contribution is 0.128. The molecule has 0 unspecified atom stereocenters. The highest BCUT2D eigenvalue weighted by atomic mass is 15.3. The number of imidazole rings is 1. The van der Waals surface area contributed by atoms with Gasteiger partial charge in [-0.25, -0.2) is 9.97 Å². The van der Waals surface area contributed by atoms with Gasteiger partial charge in [-0.1, -0.05) is 6.92 Å². The van der Waals surface area contributed by atoms with Crippen LogP contribution in [0.25, 0.3) is 21.9 Å². The summed E-state index contributed by atoms with van der Waals surface area (Å²) in [5.41, 5.74) is 10.4. The second-order valence-corrected chi connectivity index (χ2v) is 8.50. The summed E-state index contributed by atoms with van der Waals surface area (Å²) in [5.74, 6) is 1.49. The number of piperazine rings is 1. The highest BCUT2D eigenvalue weighted by Gasteiger charge is 2.26. The minimum atomic E-state index is 0.230. The molecule has 1 aromatic carbocycles. The molecule has 1 fully saturated rings. The lowest BCUT2D eigenvalue weighted by atomic mass is 10.0. The maximum Gasteiger partial charge on any atom is 0.152 e. The maximum absolute atomic E-state index is 6.21. The molecule has 6 nitrogen and oxygen atoms in total. The summed E-state index contributed by atoms with van der Waals surface area (Å²) in [6.45, 7) is 13.2. The molecular formula is C21H30N6. The number of aromatic nitrogens is 3. The van der Waals surface area contributed by atoms with E-state index in [0.717, 1.165) is 66.8 Å². The standard InChI is InChI=1S/C21H30N6/c1-5-6-17-24-18-15-8-7-14(13-16(15)23-20(22)19(18)25-17)26-9-11-27(12-10-26)21(2,3)4/h7-8,13H,5-6,9-12H2,1-4H3,(H2,22,23)(H,24,25). The summed E-state index contributed by atoms with van der Waals surface area (Å²) >= 11 is 0. The van der Waals surface area contributed by atoms with E-state index in [4.69, 9.17) is 5.73 Å². The second kappa shape index (κ2) is 6.68. The highest BCUT2D eigenvalue weighted by Crippen LogP contribution is 2.30. The fraction of sp³-hybridized carbons (Fsp3) is 0.524. The first-order chi connectivity index (χ1) is 12.9. The average Bonchev–Trinajstić information content (AvgIpc) is 3.06. The van der Waals surface area contributed by atoms with E-state index in [1.807, 2.05) is 0 Å². The molecule has 4 rings (SSSR count). The molecule has 1 aliphatic rings. The van der Waals surface area contributed by atoms with E-state index in [1.54, 1.807) is 0 Å². The first-order valence-corrected chi connectivity index (χ1v) is 9.94. The van der Waals surface area contributed by atoms with Gasteiger partial charge in [-0.15, -0.1) is 0 Å². The zero-order chi connectivity index (χ0) is 19.2. The van der Waals surface area contributed by atoms with Gasteiger partial charge >= 0.3 is 0 Å². The van der Waals surface area contributed by atoms with Crippen LogP contribution in [0, 0.1) is 0 Å². The van der Waals surface area contributed by atoms with Crippen molar-refractivity contribution in [3.05, 3.63) is 24.0 Å². The van der Waals surface area contributed by atoms with Gasteiger partial charge in [0.05, 0.1) is 11.0 Å². The molecule has 0 bridgehead atoms. The number of anilines is 2. The molecule has 6 heteroatoms. The first kappa shape index (κ1) is 18.0. The molecule has 1 saturated heterocycles. The van der Waals surface area contributed by atoms with Crippen molar-refractivity contribution in [3.63, 3.8) is 0 Å². The summed E-state index contributed by atoms with van der Waals surface area (Å²) in [5, 5.41) is 1.09. The molecule has 0 atom stereocenters. The van der Waals surface area contributed by atoms with Crippen molar-refractivity contribution in [3.8, 4) is 0 Å². The summed E-state index contributed by atoms with van der Waals surface area (Å²) in [6, 6.07) is 6.52. The van der Waals surface area contributed by atoms with Crippen LogP contribution in [0.4, 0.5) is 11.5 Å². The van der Waals surface area contributed by atoms with Gasteiger partial charge in [0.1, 0.15) is 11.3 Å². The molecule has 3 aromatic rings. The van der Waals surface area contributed by atoms with E-state index in [1.165, 1.54) is 5.69 Å². The number of nitrogens with one attached hydrogen (secondary N) is 1. The normalized spacial score (nSPS) is 16.5. The smallest absolute Gasteiger partial charge is 0.152 e. The van der Waals surface area contributed by atoms with Crippen LogP contribution in [0.2, 0.25) is 0 Å². The van der Waals surface area contributed by atoms with Gasteiger partial charge in [0, 0.05) is 49.2 Å². The van der Waals surface area contributed by atoms with Crippen LogP contribution in [-0.2, 0) is 6.42 Å². The Hall–Kier alpha value is -2.34. The summed E-state index contributed by atoms with van der Waals surface area (Å²) in [4.78, 5) is 17.7. The molecule has 0 radical (unpaired) electrons. The number of fused-ring (bicyclic) bond motifs is 3. The Balaban J connectivity index is 1.66. The predicted octanol–water partition coefficient (Wildman–Crippen LogP) is 3.57. The Morgan fingerprint density at radius 1 is 1.11 bits per heavy atom. The van der Waals surface area contributed by atoms with E-state index in [9.17, 15) is 0 Å². The Morgan fingerprint density at radius 2 is 1.85 bits per heavy atom. The Kier molecular flexibility index (Phi) is 4.46. The Labute approximate surface area is 160 Å². The fourth-order valence-corrected chi connectivity index (χ4v) is 4.00. The number of nitrogens with two attached hydrogens (primary N) is 1. The van der Waals surface area contributed by atoms with E-state index in [2.05, 4.69) is 70.6 Å². The lowest BCUT2D eigenvalue weighted by Gasteiger charge is -2.43. The molecule has 3 heterocycles. The van der Waals surface area contributed by atoms with Crippen LogP contribution in [-0.4, -0.2) is 51.6 Å². The summed E-state index contributed by atoms with van der Waals surface area (Å²) in [7, 11) is 0. The van der Waals surface area contributed by atoms with Crippen LogP contribution in [0.1, 0.15) is 39.9 Å². The molecule has 144 valence electrons. The topological polar surface area (TPSA) is 74.1 Å². The Morgan fingerprint density at radius 3 is 2.52 bits per heavy atom. The van der Waals surface area contributed by atoms with Crippen molar-refractivity contribution in [2.75, 3.05) is 36.8 Å². The van der Waals surface area contributed by atoms with Gasteiger partial charge in [-0.05, 0) is 45.4 Å². The number of H-pyrrole nitrogens is 1. The number of nitrogen functional groups attached to an aromatic ring is 1. The van der Waals surface area contributed by atoms with Gasteiger partial charge < -0.3 is 15.6 Å². The maximum atomic E-state index is 6.21. The number of rotatable bonds is 3. The monoisotopic (exact) mass is 366 g/mol. The largest absolute Gasteiger partial charge is 0.382 e. The molecule has 0 saturated carbocycles. The van der Waals surface area contributed by atoms with Crippen LogP contribution in [0.15, 0.2) is 18.2 Å². The van der Waals surface area contributed by atoms with Crippen LogP contribution in [0.3, 0.4) is 0 Å². The zero-order valence-electron chi connectivity index (χ0n) is 16.8. The van der Waals surface area contributed by atoms with E-state index < -0.39 is 0 Å². The van der Waals surface area contributed by atoms with Gasteiger partial charge in [0.15, 0.2) is 5.82 Å². The number of pyridine rings is 1. The number of hydrogen-bond acceptors (Lipinski definition) is 5. The van der Waals surface area contributed by atoms with Crippen molar-refractivity contribution < 1.29 is 0 Å². The second-order valence-electron chi connectivity index (χ2n) is 8.50. The van der Waals surface area contributed by atoms with Gasteiger partial charge in [0.25, 0.3) is 0 Å². The van der Waals surface area contributed by atoms with Crippen LogP contribution >= 0.6 is 0 Å². The lowest BCUT2D eigenvalue weighted by Crippen LogP contribution is -2.53. The summed E-state index contributed by atoms with van der Waals surface area (Å²) < 4.78 is 0. The Bertz CT molecular complexity index is 960. The van der Waals surface area contributed by atoms with Gasteiger partial charge in [-0.2, -0.15) is 0 Å². The zero-order valence-corrected chi connectivity index (χ0v) is 16.8. The molecule has 27 heavy (non-hydrogen) atoms. The van der Waals surface area contributed by atoms with E-state index in [-0.39, 0.29) is 5.54 Å². The van der Waals surface area contributed by atoms with Crippen molar-refractivity contribution in [2.45, 2.75) is 46.1 Å². The van der Waals surface area contributed by atoms with Gasteiger partial charge in [0.2, 0.25) is 0 Å². The quantitative estimate of drug-likeness (QED) is 0.741. The SMILES string of the molecule is CCCc1nc2c(N)nc3cc(N4CCN(C(C)(C)C)CC4)ccc3c2[nH]1. The molecule has 0 amide bonds. The number of nitrogens with zero attached hydrogens (tertiary/aromatic N) is 4. The molecular weight excluding hydrogens is 336 g/mol. The highest BCUT2D eigenvalue weighted by molar-refractivity contribution is 6.06. The average molecular weight is 367 g/mol. The first-order valence-electron chi connectivity index (χ1n) is 9.94. The molecule has 1 aliphatic heterocycles. The molecule has 0 aliphatic carbocycles. The number of aryl methyl sites for hydroxylation is 1. The van der Waals surface area contributed by atoms with Gasteiger partial charge in [-0.3, -0.25) is 4.90 Å². The molecule has 2 aromatic heterocycles. The number of aromatic amines is 1. The predicted molar refractivity (Wildman–Crippen MR) is 113 cm³/mol. The molecule has 0 spiro atoms. The van der Waals surface area contributed by atoms with Crippen molar-refractivity contribution in [1.82, 2.24) is 19.9 Å². The van der Waals surface area contributed by atoms with Crippen LogP contribution < -0.4 is 10.6 Å². The number of benzene rings is 1. The number of hydrogen-bond donors (Lipinski definition) is 2. The van der Waals surface area contributed by atoms with E-state index >= 15 is 0 Å². The van der Waals surface area contributed by atoms with Crippen molar-refractivity contribution >= 4 is 33.4 Å². The molecule has 3 N–H and O–H groups in total. The third kappa shape index (κ3) is 3.34. The van der Waals surface area contributed by atoms with Crippen molar-refractivity contribution in [1.29, 1.82) is 0 Å². The minimum Gasteiger partial charge on any atom is -0.382 e. The summed E-state index contributed by atoms with van der Waals surface area (Å²) in [6.07, 6.45) is 1.97.